The fourth-order valence-electron chi connectivity index (χ4n) is 2.00. The maximum atomic E-state index is 6.31. The lowest BCUT2D eigenvalue weighted by atomic mass is 10.1. The van der Waals surface area contributed by atoms with Crippen molar-refractivity contribution < 1.29 is 0 Å². The number of para-hydroxylation sites is 1. The van der Waals surface area contributed by atoms with Gasteiger partial charge in [-0.25, -0.2) is 0 Å². The van der Waals surface area contributed by atoms with Crippen LogP contribution in [0.1, 0.15) is 16.5 Å². The highest BCUT2D eigenvalue weighted by molar-refractivity contribution is 9.11. The van der Waals surface area contributed by atoms with Crippen LogP contribution in [0.25, 0.3) is 10.9 Å². The summed E-state index contributed by atoms with van der Waals surface area (Å²) in [7, 11) is 0. The van der Waals surface area contributed by atoms with Gasteiger partial charge in [0.2, 0.25) is 0 Å². The van der Waals surface area contributed by atoms with E-state index in [0.29, 0.717) is 0 Å². The van der Waals surface area contributed by atoms with E-state index < -0.39 is 0 Å². The van der Waals surface area contributed by atoms with Crippen LogP contribution >= 0.6 is 27.3 Å². The minimum Gasteiger partial charge on any atom is -0.361 e. The van der Waals surface area contributed by atoms with E-state index in [9.17, 15) is 0 Å². The largest absolute Gasteiger partial charge is 0.361 e. The predicted octanol–water partition coefficient (Wildman–Crippen LogP) is 4.04. The molecule has 0 saturated heterocycles. The molecule has 0 aliphatic carbocycles. The van der Waals surface area contributed by atoms with Crippen molar-refractivity contribution >= 4 is 38.2 Å². The zero-order valence-electron chi connectivity index (χ0n) is 8.98. The lowest BCUT2D eigenvalue weighted by Crippen LogP contribution is -2.09. The summed E-state index contributed by atoms with van der Waals surface area (Å²) >= 11 is 5.15. The lowest BCUT2D eigenvalue weighted by molar-refractivity contribution is 0.903. The average molecular weight is 307 g/mol. The van der Waals surface area contributed by atoms with Gasteiger partial charge in [0.1, 0.15) is 0 Å². The number of nitrogens with two attached hydrogens (primary N) is 1. The molecule has 2 heterocycles. The molecule has 0 bridgehead atoms. The summed E-state index contributed by atoms with van der Waals surface area (Å²) in [4.78, 5) is 4.43. The molecule has 0 fully saturated rings. The molecule has 3 aromatic rings. The maximum absolute atomic E-state index is 6.31. The Hall–Kier alpha value is -1.10. The van der Waals surface area contributed by atoms with Crippen molar-refractivity contribution in [1.29, 1.82) is 0 Å². The van der Waals surface area contributed by atoms with E-state index in [1.165, 1.54) is 10.3 Å². The van der Waals surface area contributed by atoms with Crippen LogP contribution < -0.4 is 5.73 Å². The molecule has 0 spiro atoms. The molecule has 2 aromatic heterocycles. The van der Waals surface area contributed by atoms with Crippen molar-refractivity contribution in [2.75, 3.05) is 0 Å². The molecule has 1 atom stereocenters. The van der Waals surface area contributed by atoms with Crippen LogP contribution in [0, 0.1) is 0 Å². The van der Waals surface area contributed by atoms with Crippen molar-refractivity contribution in [3.63, 3.8) is 0 Å². The Bertz CT molecular complexity index is 656. The zero-order valence-corrected chi connectivity index (χ0v) is 11.4. The third kappa shape index (κ3) is 1.92. The van der Waals surface area contributed by atoms with Crippen molar-refractivity contribution in [2.45, 2.75) is 6.04 Å². The van der Waals surface area contributed by atoms with E-state index in [1.54, 1.807) is 11.3 Å². The topological polar surface area (TPSA) is 41.8 Å². The Morgan fingerprint density at radius 1 is 1.18 bits per heavy atom. The molecular weight excluding hydrogens is 296 g/mol. The fourth-order valence-corrected chi connectivity index (χ4v) is 3.44. The molecule has 2 nitrogen and oxygen atoms in total. The van der Waals surface area contributed by atoms with Gasteiger partial charge in [-0.05, 0) is 39.7 Å². The summed E-state index contributed by atoms with van der Waals surface area (Å²) in [5.41, 5.74) is 8.59. The first kappa shape index (κ1) is 11.0. The number of H-pyrrole nitrogens is 1. The average Bonchev–Trinajstić information content (AvgIpc) is 2.94. The number of aromatic amines is 1. The lowest BCUT2D eigenvalue weighted by Gasteiger charge is -2.08. The van der Waals surface area contributed by atoms with Gasteiger partial charge in [-0.1, -0.05) is 18.2 Å². The monoisotopic (exact) mass is 306 g/mol. The molecule has 4 heteroatoms. The van der Waals surface area contributed by atoms with Crippen molar-refractivity contribution in [1.82, 2.24) is 4.98 Å². The zero-order chi connectivity index (χ0) is 11.8. The fraction of sp³-hybridized carbons (Fsp3) is 0.0769. The number of hydrogen-bond acceptors (Lipinski definition) is 2. The van der Waals surface area contributed by atoms with Crippen LogP contribution in [0.15, 0.2) is 46.4 Å². The molecule has 17 heavy (non-hydrogen) atoms. The molecule has 3 rings (SSSR count). The summed E-state index contributed by atoms with van der Waals surface area (Å²) in [5, 5.41) is 1.20. The van der Waals surface area contributed by atoms with Gasteiger partial charge in [0, 0.05) is 22.0 Å². The van der Waals surface area contributed by atoms with Crippen LogP contribution in [0.4, 0.5) is 0 Å². The Kier molecular flexibility index (Phi) is 2.78. The number of halogens is 1. The van der Waals surface area contributed by atoms with E-state index in [2.05, 4.69) is 39.1 Å². The van der Waals surface area contributed by atoms with Gasteiger partial charge in [0.05, 0.1) is 9.83 Å². The summed E-state index contributed by atoms with van der Waals surface area (Å²) in [6.45, 7) is 0. The third-order valence-corrected chi connectivity index (χ3v) is 4.56. The van der Waals surface area contributed by atoms with Crippen molar-refractivity contribution in [3.05, 3.63) is 56.8 Å². The van der Waals surface area contributed by atoms with Crippen molar-refractivity contribution in [3.8, 4) is 0 Å². The first-order valence-electron chi connectivity index (χ1n) is 5.32. The van der Waals surface area contributed by atoms with Crippen LogP contribution in [0.5, 0.6) is 0 Å². The molecule has 0 aliphatic rings. The van der Waals surface area contributed by atoms with Crippen molar-refractivity contribution in [2.24, 2.45) is 5.73 Å². The Morgan fingerprint density at radius 3 is 2.76 bits per heavy atom. The second kappa shape index (κ2) is 4.29. The number of benzene rings is 1. The van der Waals surface area contributed by atoms with Crippen LogP contribution in [-0.2, 0) is 0 Å². The Balaban J connectivity index is 2.09. The molecular formula is C13H11BrN2S. The van der Waals surface area contributed by atoms with Gasteiger partial charge in [0.25, 0.3) is 0 Å². The SMILES string of the molecule is NC(c1ccc(Br)s1)c1c[nH]c2ccccc12. The molecule has 0 aliphatic heterocycles. The first-order chi connectivity index (χ1) is 8.25. The smallest absolute Gasteiger partial charge is 0.0702 e. The molecule has 0 radical (unpaired) electrons. The van der Waals surface area contributed by atoms with E-state index in [-0.39, 0.29) is 6.04 Å². The third-order valence-electron chi connectivity index (χ3n) is 2.86. The second-order valence-corrected chi connectivity index (χ2v) is 6.40. The van der Waals surface area contributed by atoms with Crippen LogP contribution in [0.3, 0.4) is 0 Å². The van der Waals surface area contributed by atoms with Gasteiger partial charge in [-0.2, -0.15) is 0 Å². The highest BCUT2D eigenvalue weighted by atomic mass is 79.9. The maximum Gasteiger partial charge on any atom is 0.0702 e. The number of hydrogen-bond donors (Lipinski definition) is 2. The van der Waals surface area contributed by atoms with Gasteiger partial charge in [0.15, 0.2) is 0 Å². The van der Waals surface area contributed by atoms with Crippen LogP contribution in [0.2, 0.25) is 0 Å². The molecule has 86 valence electrons. The number of fused-ring (bicyclic) bond motifs is 1. The highest BCUT2D eigenvalue weighted by Gasteiger charge is 2.14. The number of nitrogens with one attached hydrogen (secondary N) is 1. The highest BCUT2D eigenvalue weighted by Crippen LogP contribution is 2.32. The van der Waals surface area contributed by atoms with Gasteiger partial charge in [-0.15, -0.1) is 11.3 Å². The molecule has 0 amide bonds. The minimum absolute atomic E-state index is 0.0672. The minimum atomic E-state index is -0.0672. The summed E-state index contributed by atoms with van der Waals surface area (Å²) in [6.07, 6.45) is 2.00. The molecule has 1 unspecified atom stereocenters. The molecule has 3 N–H and O–H groups in total. The van der Waals surface area contributed by atoms with E-state index in [4.69, 9.17) is 5.73 Å². The predicted molar refractivity (Wildman–Crippen MR) is 76.3 cm³/mol. The summed E-state index contributed by atoms with van der Waals surface area (Å²) < 4.78 is 1.11. The normalized spacial score (nSPS) is 13.1. The summed E-state index contributed by atoms with van der Waals surface area (Å²) in [5.74, 6) is 0. The molecule has 0 saturated carbocycles. The first-order valence-corrected chi connectivity index (χ1v) is 6.93. The number of thiophene rings is 1. The van der Waals surface area contributed by atoms with Gasteiger partial charge >= 0.3 is 0 Å². The van der Waals surface area contributed by atoms with E-state index in [0.717, 1.165) is 14.9 Å². The van der Waals surface area contributed by atoms with Gasteiger partial charge < -0.3 is 10.7 Å². The number of aromatic nitrogens is 1. The Morgan fingerprint density at radius 2 is 2.00 bits per heavy atom. The van der Waals surface area contributed by atoms with E-state index >= 15 is 0 Å². The summed E-state index contributed by atoms with van der Waals surface area (Å²) in [6, 6.07) is 12.3. The van der Waals surface area contributed by atoms with Gasteiger partial charge in [-0.3, -0.25) is 0 Å². The standard InChI is InChI=1S/C13H11BrN2S/c14-12-6-5-11(17-12)13(15)9-7-16-10-4-2-1-3-8(9)10/h1-7,13,16H,15H2. The van der Waals surface area contributed by atoms with Crippen LogP contribution in [-0.4, -0.2) is 4.98 Å². The van der Waals surface area contributed by atoms with E-state index in [1.807, 2.05) is 24.4 Å². The molecule has 1 aromatic carbocycles. The quantitative estimate of drug-likeness (QED) is 0.737. The Labute approximate surface area is 112 Å². The second-order valence-electron chi connectivity index (χ2n) is 3.91. The number of rotatable bonds is 2.